The van der Waals surface area contributed by atoms with Crippen LogP contribution in [0.2, 0.25) is 0 Å². The molecule has 0 radical (unpaired) electrons. The third-order valence-electron chi connectivity index (χ3n) is 5.78. The fourth-order valence-electron chi connectivity index (χ4n) is 3.96. The Bertz CT molecular complexity index is 1180. The Hall–Kier alpha value is -3.55. The molecule has 0 aliphatic rings. The number of pyridine rings is 1. The summed E-state index contributed by atoms with van der Waals surface area (Å²) in [4.78, 5) is 15.9. The number of benzene rings is 2. The van der Waals surface area contributed by atoms with Gasteiger partial charge in [0.2, 0.25) is 0 Å². The molecule has 196 valence electrons. The van der Waals surface area contributed by atoms with Gasteiger partial charge in [0.05, 0.1) is 30.9 Å². The minimum absolute atomic E-state index is 0.0104. The summed E-state index contributed by atoms with van der Waals surface area (Å²) in [6, 6.07) is 15.7. The first-order valence-corrected chi connectivity index (χ1v) is 12.4. The van der Waals surface area contributed by atoms with Crippen molar-refractivity contribution >= 4 is 12.0 Å². The lowest BCUT2D eigenvalue weighted by Crippen LogP contribution is -2.20. The van der Waals surface area contributed by atoms with Crippen LogP contribution in [0.15, 0.2) is 66.9 Å². The highest BCUT2D eigenvalue weighted by molar-refractivity contribution is 5.79. The Morgan fingerprint density at radius 3 is 2.51 bits per heavy atom. The van der Waals surface area contributed by atoms with Crippen LogP contribution in [0.25, 0.3) is 17.2 Å². The van der Waals surface area contributed by atoms with Gasteiger partial charge in [0.1, 0.15) is 18.2 Å². The van der Waals surface area contributed by atoms with Crippen molar-refractivity contribution < 1.29 is 28.9 Å². The number of carbonyl (C=O) groups is 1. The Labute approximate surface area is 217 Å². The van der Waals surface area contributed by atoms with Crippen LogP contribution in [-0.2, 0) is 16.1 Å². The molecule has 6 nitrogen and oxygen atoms in total. The molecule has 0 amide bonds. The maximum absolute atomic E-state index is 13.7. The predicted octanol–water partition coefficient (Wildman–Crippen LogP) is 5.67. The fourth-order valence-corrected chi connectivity index (χ4v) is 3.96. The molecule has 0 saturated carbocycles. The standard InChI is InChI=1S/C30H34FNO5/c1-4-36-30(35)16-25(34)15-24(33)12-13-27-28(20(2)3)17-26(37-19-23-7-5-6-14-32-23)18-29(27)21-8-10-22(31)11-9-21/h5-14,17-18,20,24-25,33-34H,4,15-16,19H2,1-3H3/b13-12+. The highest BCUT2D eigenvalue weighted by atomic mass is 19.1. The number of aliphatic hydroxyl groups excluding tert-OH is 2. The first kappa shape index (κ1) is 28.0. The molecule has 2 aromatic carbocycles. The van der Waals surface area contributed by atoms with Gasteiger partial charge in [-0.05, 0) is 71.5 Å². The second-order valence-corrected chi connectivity index (χ2v) is 9.07. The molecule has 1 aromatic heterocycles. The molecule has 3 aromatic rings. The number of esters is 1. The fraction of sp³-hybridized carbons (Fsp3) is 0.333. The van der Waals surface area contributed by atoms with E-state index < -0.39 is 18.2 Å². The maximum atomic E-state index is 13.7. The maximum Gasteiger partial charge on any atom is 0.308 e. The summed E-state index contributed by atoms with van der Waals surface area (Å²) >= 11 is 0. The minimum atomic E-state index is -1.03. The van der Waals surface area contributed by atoms with Crippen LogP contribution in [0.1, 0.15) is 56.4 Å². The van der Waals surface area contributed by atoms with Gasteiger partial charge in [0, 0.05) is 12.6 Å². The minimum Gasteiger partial charge on any atom is -0.487 e. The topological polar surface area (TPSA) is 88.9 Å². The van der Waals surface area contributed by atoms with Gasteiger partial charge in [-0.15, -0.1) is 0 Å². The van der Waals surface area contributed by atoms with E-state index in [0.29, 0.717) is 12.4 Å². The summed E-state index contributed by atoms with van der Waals surface area (Å²) in [5, 5.41) is 20.7. The molecule has 0 aliphatic carbocycles. The van der Waals surface area contributed by atoms with E-state index in [4.69, 9.17) is 9.47 Å². The molecule has 1 heterocycles. The summed E-state index contributed by atoms with van der Waals surface area (Å²) in [5.74, 6) is -0.0771. The summed E-state index contributed by atoms with van der Waals surface area (Å²) in [6.45, 7) is 6.35. The van der Waals surface area contributed by atoms with E-state index in [1.807, 2.05) is 30.3 Å². The van der Waals surface area contributed by atoms with Crippen LogP contribution in [0.5, 0.6) is 5.75 Å². The quantitative estimate of drug-likeness (QED) is 0.307. The molecule has 0 aliphatic heterocycles. The average molecular weight is 508 g/mol. The molecular formula is C30H34FNO5. The SMILES string of the molecule is CCOC(=O)CC(O)CC(O)/C=C/c1c(-c2ccc(F)cc2)cc(OCc2ccccn2)cc1C(C)C. The molecular weight excluding hydrogens is 473 g/mol. The van der Waals surface area contributed by atoms with Crippen molar-refractivity contribution in [2.24, 2.45) is 0 Å². The predicted molar refractivity (Wildman–Crippen MR) is 141 cm³/mol. The van der Waals surface area contributed by atoms with Crippen molar-refractivity contribution in [1.29, 1.82) is 0 Å². The molecule has 0 fully saturated rings. The number of carbonyl (C=O) groups excluding carboxylic acids is 1. The molecule has 3 rings (SSSR count). The second-order valence-electron chi connectivity index (χ2n) is 9.07. The van der Waals surface area contributed by atoms with E-state index >= 15 is 0 Å². The molecule has 2 unspecified atom stereocenters. The largest absolute Gasteiger partial charge is 0.487 e. The molecule has 0 saturated heterocycles. The number of aliphatic hydroxyl groups is 2. The summed E-state index contributed by atoms with van der Waals surface area (Å²) in [5.41, 5.74) is 4.24. The van der Waals surface area contributed by atoms with Gasteiger partial charge in [-0.1, -0.05) is 44.2 Å². The molecule has 2 N–H and O–H groups in total. The van der Waals surface area contributed by atoms with Crippen molar-refractivity contribution in [1.82, 2.24) is 4.98 Å². The van der Waals surface area contributed by atoms with Crippen LogP contribution in [0.4, 0.5) is 4.39 Å². The van der Waals surface area contributed by atoms with Crippen molar-refractivity contribution in [2.45, 2.75) is 58.3 Å². The van der Waals surface area contributed by atoms with Crippen molar-refractivity contribution in [3.05, 3.63) is 89.5 Å². The summed E-state index contributed by atoms with van der Waals surface area (Å²) < 4.78 is 24.6. The van der Waals surface area contributed by atoms with Gasteiger partial charge in [-0.2, -0.15) is 0 Å². The smallest absolute Gasteiger partial charge is 0.308 e. The molecule has 0 bridgehead atoms. The normalized spacial score (nSPS) is 13.1. The summed E-state index contributed by atoms with van der Waals surface area (Å²) in [7, 11) is 0. The zero-order valence-electron chi connectivity index (χ0n) is 21.4. The Kier molecular flexibility index (Phi) is 10.4. The third kappa shape index (κ3) is 8.51. The lowest BCUT2D eigenvalue weighted by molar-refractivity contribution is -0.145. The van der Waals surface area contributed by atoms with Gasteiger partial charge >= 0.3 is 5.97 Å². The van der Waals surface area contributed by atoms with E-state index in [1.165, 1.54) is 12.1 Å². The highest BCUT2D eigenvalue weighted by Crippen LogP contribution is 2.36. The highest BCUT2D eigenvalue weighted by Gasteiger charge is 2.17. The van der Waals surface area contributed by atoms with Crippen LogP contribution in [0.3, 0.4) is 0 Å². The Balaban J connectivity index is 1.92. The summed E-state index contributed by atoms with van der Waals surface area (Å²) in [6.07, 6.45) is 2.91. The number of ether oxygens (including phenoxy) is 2. The van der Waals surface area contributed by atoms with Gasteiger partial charge in [-0.25, -0.2) is 4.39 Å². The van der Waals surface area contributed by atoms with E-state index in [0.717, 1.165) is 27.9 Å². The van der Waals surface area contributed by atoms with E-state index in [1.54, 1.807) is 37.4 Å². The zero-order valence-corrected chi connectivity index (χ0v) is 21.4. The zero-order chi connectivity index (χ0) is 26.8. The van der Waals surface area contributed by atoms with E-state index in [9.17, 15) is 19.4 Å². The van der Waals surface area contributed by atoms with Crippen molar-refractivity contribution in [2.75, 3.05) is 6.61 Å². The van der Waals surface area contributed by atoms with Gasteiger partial charge in [0.25, 0.3) is 0 Å². The molecule has 37 heavy (non-hydrogen) atoms. The lowest BCUT2D eigenvalue weighted by Gasteiger charge is -2.19. The Morgan fingerprint density at radius 1 is 1.11 bits per heavy atom. The number of aromatic nitrogens is 1. The van der Waals surface area contributed by atoms with Crippen molar-refractivity contribution in [3.8, 4) is 16.9 Å². The van der Waals surface area contributed by atoms with Gasteiger partial charge in [-0.3, -0.25) is 9.78 Å². The third-order valence-corrected chi connectivity index (χ3v) is 5.78. The lowest BCUT2D eigenvalue weighted by atomic mass is 9.89. The van der Waals surface area contributed by atoms with E-state index in [2.05, 4.69) is 18.8 Å². The molecule has 7 heteroatoms. The second kappa shape index (κ2) is 13.7. The van der Waals surface area contributed by atoms with Crippen molar-refractivity contribution in [3.63, 3.8) is 0 Å². The number of halogens is 1. The van der Waals surface area contributed by atoms with Gasteiger partial charge in [0.15, 0.2) is 0 Å². The Morgan fingerprint density at radius 2 is 1.86 bits per heavy atom. The number of hydrogen-bond acceptors (Lipinski definition) is 6. The average Bonchev–Trinajstić information content (AvgIpc) is 2.87. The molecule has 0 spiro atoms. The monoisotopic (exact) mass is 507 g/mol. The number of hydrogen-bond donors (Lipinski definition) is 2. The van der Waals surface area contributed by atoms with Crippen LogP contribution in [0, 0.1) is 5.82 Å². The molecule has 2 atom stereocenters. The van der Waals surface area contributed by atoms with Gasteiger partial charge < -0.3 is 19.7 Å². The first-order valence-electron chi connectivity index (χ1n) is 12.4. The van der Waals surface area contributed by atoms with Crippen LogP contribution < -0.4 is 4.74 Å². The van der Waals surface area contributed by atoms with E-state index in [-0.39, 0.29) is 31.2 Å². The van der Waals surface area contributed by atoms with Crippen LogP contribution >= 0.6 is 0 Å². The first-order chi connectivity index (χ1) is 17.8. The van der Waals surface area contributed by atoms with Crippen LogP contribution in [-0.4, -0.2) is 40.0 Å². The number of rotatable bonds is 12. The number of nitrogens with zero attached hydrogens (tertiary/aromatic N) is 1.